The van der Waals surface area contributed by atoms with Gasteiger partial charge in [-0.25, -0.2) is 0 Å². The Morgan fingerprint density at radius 3 is 1.31 bits per heavy atom. The molecular weight excluding hydrogens is 438 g/mol. The molecule has 0 aliphatic carbocycles. The second-order valence-corrected chi connectivity index (χ2v) is 6.17. The molecule has 0 amide bonds. The normalized spacial score (nSPS) is 24.1. The van der Waals surface area contributed by atoms with Crippen molar-refractivity contribution in [2.45, 2.75) is 77.6 Å². The zero-order valence-corrected chi connectivity index (χ0v) is 19.0. The first kappa shape index (κ1) is 37.0. The van der Waals surface area contributed by atoms with Gasteiger partial charge in [0.25, 0.3) is 23.9 Å². The lowest BCUT2D eigenvalue weighted by Crippen LogP contribution is -2.63. The number of carboxylic acid groups (broad SMARTS) is 4. The first-order valence-electron chi connectivity index (χ1n) is 9.25. The highest BCUT2D eigenvalue weighted by Crippen LogP contribution is 2.24. The second kappa shape index (κ2) is 21.9. The minimum atomic E-state index is -1.29. The first-order chi connectivity index (χ1) is 14.5. The fourth-order valence-electron chi connectivity index (χ4n) is 2.06. The summed E-state index contributed by atoms with van der Waals surface area (Å²) in [6.07, 6.45) is -4.49. The largest absolute Gasteiger partial charge is 0.481 e. The molecule has 9 N–H and O–H groups in total. The van der Waals surface area contributed by atoms with E-state index in [-0.39, 0.29) is 12.6 Å². The predicted molar refractivity (Wildman–Crippen MR) is 110 cm³/mol. The van der Waals surface area contributed by atoms with E-state index >= 15 is 0 Å². The molecule has 1 fully saturated rings. The van der Waals surface area contributed by atoms with Gasteiger partial charge < -0.3 is 50.9 Å². The van der Waals surface area contributed by atoms with Crippen LogP contribution in [0.15, 0.2) is 0 Å². The Labute approximate surface area is 186 Å². The molecule has 192 valence electrons. The Morgan fingerprint density at radius 2 is 1.09 bits per heavy atom. The van der Waals surface area contributed by atoms with Gasteiger partial charge in [0.05, 0.1) is 6.61 Å². The summed E-state index contributed by atoms with van der Waals surface area (Å²) in [4.78, 5) is 36.0. The monoisotopic (exact) mass is 475 g/mol. The van der Waals surface area contributed by atoms with E-state index in [1.807, 2.05) is 6.92 Å². The molecule has 0 aromatic heterocycles. The Hall–Kier alpha value is -2.36. The number of carboxylic acids is 4. The average molecular weight is 475 g/mol. The molecule has 1 aliphatic heterocycles. The number of hydrogen-bond donors (Lipinski definition) is 9. The molecule has 1 heterocycles. The van der Waals surface area contributed by atoms with Crippen molar-refractivity contribution in [3.05, 3.63) is 0 Å². The number of ether oxygens (including phenoxy) is 1. The highest BCUT2D eigenvalue weighted by Gasteiger charge is 2.45. The number of likely N-dealkylation sites (N-methyl/N-ethyl adjacent to an activating group) is 1. The number of carbonyl (C=O) groups is 4. The van der Waals surface area contributed by atoms with Crippen LogP contribution in [0.4, 0.5) is 0 Å². The molecule has 1 unspecified atom stereocenters. The van der Waals surface area contributed by atoms with Gasteiger partial charge in [0.1, 0.15) is 30.5 Å². The van der Waals surface area contributed by atoms with Crippen LogP contribution < -0.4 is 5.32 Å². The van der Waals surface area contributed by atoms with Crippen LogP contribution in [-0.2, 0) is 23.9 Å². The zero-order valence-electron chi connectivity index (χ0n) is 19.0. The van der Waals surface area contributed by atoms with E-state index in [0.717, 1.165) is 27.7 Å². The van der Waals surface area contributed by atoms with Gasteiger partial charge in [-0.05, 0) is 13.5 Å². The van der Waals surface area contributed by atoms with Crippen molar-refractivity contribution in [2.75, 3.05) is 13.7 Å². The van der Waals surface area contributed by atoms with Crippen LogP contribution >= 0.6 is 0 Å². The van der Waals surface area contributed by atoms with Crippen LogP contribution in [0.1, 0.15) is 41.0 Å². The van der Waals surface area contributed by atoms with Crippen LogP contribution in [0, 0.1) is 0 Å². The van der Waals surface area contributed by atoms with E-state index < -0.39 is 54.4 Å². The molecule has 1 aliphatic rings. The van der Waals surface area contributed by atoms with E-state index in [1.165, 1.54) is 0 Å². The minimum absolute atomic E-state index is 0.133. The third-order valence-corrected chi connectivity index (χ3v) is 3.14. The van der Waals surface area contributed by atoms with Crippen LogP contribution in [0.3, 0.4) is 0 Å². The number of aliphatic hydroxyl groups excluding tert-OH is 4. The molecule has 1 saturated heterocycles. The smallest absolute Gasteiger partial charge is 0.300 e. The summed E-state index contributed by atoms with van der Waals surface area (Å²) < 4.78 is 5.40. The molecule has 0 aromatic rings. The average Bonchev–Trinajstić information content (AvgIpc) is 2.60. The standard InChI is InChI=1S/C10H21NO5.4C2H4O2/c1-3-5(11-2)10-9(15)8(14)7(13)6(4-12)16-10;4*1-2(3)4/h5-15H,3-4H2,1-2H3;4*1H3,(H,3,4)/t5?,6-,7-,8+,9-,10+;;;;/m1..../s1. The van der Waals surface area contributed by atoms with Gasteiger partial charge in [-0.1, -0.05) is 6.92 Å². The van der Waals surface area contributed by atoms with Gasteiger partial charge in [0, 0.05) is 33.7 Å². The van der Waals surface area contributed by atoms with Gasteiger partial charge in [-0.2, -0.15) is 0 Å². The summed E-state index contributed by atoms with van der Waals surface area (Å²) in [6.45, 7) is 5.87. The SMILES string of the molecule is CC(=O)O.CC(=O)O.CC(=O)O.CC(=O)O.CCC(NC)[C@@H]1O[C@H](CO)[C@@H](O)[C@H](O)[C@H]1O. The third kappa shape index (κ3) is 25.7. The van der Waals surface area contributed by atoms with Crippen molar-refractivity contribution in [2.24, 2.45) is 0 Å². The molecule has 14 nitrogen and oxygen atoms in total. The number of nitrogens with one attached hydrogen (secondary N) is 1. The topological polar surface area (TPSA) is 251 Å². The fourth-order valence-corrected chi connectivity index (χ4v) is 2.06. The second-order valence-electron chi connectivity index (χ2n) is 6.17. The summed E-state index contributed by atoms with van der Waals surface area (Å²) in [7, 11) is 1.73. The van der Waals surface area contributed by atoms with Crippen LogP contribution in [0.5, 0.6) is 0 Å². The van der Waals surface area contributed by atoms with E-state index in [9.17, 15) is 15.3 Å². The number of rotatable bonds is 4. The van der Waals surface area contributed by atoms with E-state index in [0.29, 0.717) is 6.42 Å². The Bertz CT molecular complexity index is 456. The van der Waals surface area contributed by atoms with Crippen molar-refractivity contribution in [1.82, 2.24) is 5.32 Å². The summed E-state index contributed by atoms with van der Waals surface area (Å²) in [5, 5.41) is 70.6. The van der Waals surface area contributed by atoms with E-state index in [2.05, 4.69) is 5.32 Å². The fraction of sp³-hybridized carbons (Fsp3) is 0.778. The lowest BCUT2D eigenvalue weighted by atomic mass is 9.90. The van der Waals surface area contributed by atoms with Crippen molar-refractivity contribution in [3.8, 4) is 0 Å². The molecule has 6 atom stereocenters. The van der Waals surface area contributed by atoms with Crippen molar-refractivity contribution >= 4 is 23.9 Å². The minimum Gasteiger partial charge on any atom is -0.481 e. The third-order valence-electron chi connectivity index (χ3n) is 3.14. The van der Waals surface area contributed by atoms with Crippen LogP contribution in [-0.4, -0.2) is 115 Å². The Balaban J connectivity index is -0.000000200. The summed E-state index contributed by atoms with van der Waals surface area (Å²) >= 11 is 0. The molecule has 14 heteroatoms. The van der Waals surface area contributed by atoms with Crippen LogP contribution in [0.25, 0.3) is 0 Å². The van der Waals surface area contributed by atoms with Crippen molar-refractivity contribution in [3.63, 3.8) is 0 Å². The van der Waals surface area contributed by atoms with E-state index in [1.54, 1.807) is 7.05 Å². The maximum Gasteiger partial charge on any atom is 0.300 e. The quantitative estimate of drug-likeness (QED) is 0.217. The molecule has 1 rings (SSSR count). The van der Waals surface area contributed by atoms with E-state index in [4.69, 9.17) is 49.4 Å². The molecule has 0 aromatic carbocycles. The van der Waals surface area contributed by atoms with Gasteiger partial charge in [0.15, 0.2) is 0 Å². The number of hydrogen-bond acceptors (Lipinski definition) is 10. The maximum atomic E-state index is 9.80. The zero-order chi connectivity index (χ0) is 26.6. The summed E-state index contributed by atoms with van der Waals surface area (Å²) in [5.41, 5.74) is 0. The lowest BCUT2D eigenvalue weighted by molar-refractivity contribution is -0.235. The van der Waals surface area contributed by atoms with Crippen molar-refractivity contribution < 1.29 is 64.8 Å². The lowest BCUT2D eigenvalue weighted by Gasteiger charge is -2.42. The molecule has 0 bridgehead atoms. The summed E-state index contributed by atoms with van der Waals surface area (Å²) in [6, 6.07) is -0.133. The van der Waals surface area contributed by atoms with Gasteiger partial charge >= 0.3 is 0 Å². The number of aliphatic carboxylic acids is 4. The molecular formula is C18H37NO13. The first-order valence-corrected chi connectivity index (χ1v) is 9.25. The molecule has 0 radical (unpaired) electrons. The highest BCUT2D eigenvalue weighted by molar-refractivity contribution is 5.63. The molecule has 32 heavy (non-hydrogen) atoms. The Morgan fingerprint density at radius 1 is 0.781 bits per heavy atom. The van der Waals surface area contributed by atoms with Crippen LogP contribution in [0.2, 0.25) is 0 Å². The van der Waals surface area contributed by atoms with Crippen molar-refractivity contribution in [1.29, 1.82) is 0 Å². The number of aliphatic hydroxyl groups is 4. The van der Waals surface area contributed by atoms with Gasteiger partial charge in [-0.3, -0.25) is 19.2 Å². The predicted octanol–water partition coefficient (Wildman–Crippen LogP) is -1.81. The summed E-state index contributed by atoms with van der Waals surface area (Å²) in [5.74, 6) is -3.33. The Kier molecular flexibility index (Phi) is 25.3. The molecule has 0 saturated carbocycles. The highest BCUT2D eigenvalue weighted by atomic mass is 16.5. The van der Waals surface area contributed by atoms with Gasteiger partial charge in [-0.15, -0.1) is 0 Å². The van der Waals surface area contributed by atoms with Gasteiger partial charge in [0.2, 0.25) is 0 Å². The maximum absolute atomic E-state index is 9.80. The molecule has 0 spiro atoms.